The lowest BCUT2D eigenvalue weighted by Gasteiger charge is -1.98. The fraction of sp³-hybridized carbons (Fsp3) is 0.111. The molecular formula is C9H10Cl2N2O. The largest absolute Gasteiger partial charge is 0.269 e. The van der Waals surface area contributed by atoms with Crippen molar-refractivity contribution in [3.63, 3.8) is 0 Å². The molecule has 0 aromatic carbocycles. The molecule has 14 heavy (non-hydrogen) atoms. The van der Waals surface area contributed by atoms with Crippen LogP contribution in [0, 0.1) is 6.92 Å². The maximum absolute atomic E-state index is 11.3. The van der Waals surface area contributed by atoms with Crippen LogP contribution in [-0.4, -0.2) is 9.38 Å². The van der Waals surface area contributed by atoms with Gasteiger partial charge in [-0.05, 0) is 19.1 Å². The zero-order valence-corrected chi connectivity index (χ0v) is 9.14. The molecule has 0 aliphatic heterocycles. The summed E-state index contributed by atoms with van der Waals surface area (Å²) in [6.07, 6.45) is 1.71. The molecule has 0 radical (unpaired) electrons. The third-order valence-corrected chi connectivity index (χ3v) is 1.70. The molecule has 2 aromatic rings. The highest BCUT2D eigenvalue weighted by atomic mass is 35.5. The third kappa shape index (κ3) is 2.25. The summed E-state index contributed by atoms with van der Waals surface area (Å²) < 4.78 is 1.52. The average molecular weight is 233 g/mol. The molecule has 0 saturated carbocycles. The van der Waals surface area contributed by atoms with E-state index in [1.165, 1.54) is 10.5 Å². The molecule has 0 amide bonds. The quantitative estimate of drug-likeness (QED) is 0.695. The standard InChI is InChI=1S/C9H8N2O.2ClH/c1-7-6-9(12)11-5-3-2-4-8(11)10-7;;/h2-6H,1H3;2*1H. The van der Waals surface area contributed by atoms with Gasteiger partial charge in [-0.25, -0.2) is 4.98 Å². The molecule has 2 rings (SSSR count). The van der Waals surface area contributed by atoms with E-state index in [0.29, 0.717) is 5.65 Å². The summed E-state index contributed by atoms with van der Waals surface area (Å²) in [5.74, 6) is 0. The Morgan fingerprint density at radius 2 is 2.00 bits per heavy atom. The van der Waals surface area contributed by atoms with Gasteiger partial charge >= 0.3 is 0 Å². The zero-order chi connectivity index (χ0) is 8.55. The minimum Gasteiger partial charge on any atom is -0.269 e. The maximum Gasteiger partial charge on any atom is 0.258 e. The van der Waals surface area contributed by atoms with Crippen LogP contribution in [0.15, 0.2) is 35.3 Å². The van der Waals surface area contributed by atoms with E-state index >= 15 is 0 Å². The fourth-order valence-electron chi connectivity index (χ4n) is 1.17. The molecule has 0 N–H and O–H groups in total. The Labute approximate surface area is 93.6 Å². The topological polar surface area (TPSA) is 34.4 Å². The Morgan fingerprint density at radius 1 is 1.29 bits per heavy atom. The number of aromatic nitrogens is 2. The lowest BCUT2D eigenvalue weighted by atomic mass is 10.4. The SMILES string of the molecule is Cc1cc(=O)n2ccccc2n1.Cl.Cl. The highest BCUT2D eigenvalue weighted by Gasteiger charge is 1.95. The molecule has 0 spiro atoms. The second-order valence-electron chi connectivity index (χ2n) is 2.66. The number of pyridine rings is 1. The normalized spacial score (nSPS) is 8.93. The van der Waals surface area contributed by atoms with Crippen molar-refractivity contribution in [2.75, 3.05) is 0 Å². The van der Waals surface area contributed by atoms with Crippen molar-refractivity contribution in [2.24, 2.45) is 0 Å². The molecule has 0 saturated heterocycles. The average Bonchev–Trinajstić information content (AvgIpc) is 2.04. The van der Waals surface area contributed by atoms with Gasteiger partial charge in [0, 0.05) is 18.0 Å². The smallest absolute Gasteiger partial charge is 0.258 e. The molecular weight excluding hydrogens is 223 g/mol. The van der Waals surface area contributed by atoms with Crippen LogP contribution in [0.3, 0.4) is 0 Å². The Bertz CT molecular complexity index is 481. The van der Waals surface area contributed by atoms with Crippen molar-refractivity contribution in [1.29, 1.82) is 0 Å². The number of aryl methyl sites for hydroxylation is 1. The predicted molar refractivity (Wildman–Crippen MR) is 60.7 cm³/mol. The van der Waals surface area contributed by atoms with Crippen LogP contribution in [0.2, 0.25) is 0 Å². The van der Waals surface area contributed by atoms with Crippen molar-refractivity contribution in [3.8, 4) is 0 Å². The van der Waals surface area contributed by atoms with Gasteiger partial charge in [-0.3, -0.25) is 9.20 Å². The van der Waals surface area contributed by atoms with Crippen molar-refractivity contribution in [3.05, 3.63) is 46.5 Å². The van der Waals surface area contributed by atoms with E-state index in [0.717, 1.165) is 5.69 Å². The predicted octanol–water partition coefficient (Wildman–Crippen LogP) is 1.85. The van der Waals surface area contributed by atoms with Crippen LogP contribution >= 0.6 is 24.8 Å². The van der Waals surface area contributed by atoms with Crippen molar-refractivity contribution in [2.45, 2.75) is 6.92 Å². The molecule has 2 aromatic heterocycles. The summed E-state index contributed by atoms with van der Waals surface area (Å²) in [4.78, 5) is 15.5. The van der Waals surface area contributed by atoms with E-state index in [-0.39, 0.29) is 30.4 Å². The monoisotopic (exact) mass is 232 g/mol. The third-order valence-electron chi connectivity index (χ3n) is 1.70. The van der Waals surface area contributed by atoms with Gasteiger partial charge in [0.15, 0.2) is 0 Å². The van der Waals surface area contributed by atoms with Gasteiger partial charge in [0.25, 0.3) is 5.56 Å². The van der Waals surface area contributed by atoms with E-state index in [1.807, 2.05) is 25.1 Å². The maximum atomic E-state index is 11.3. The first-order chi connectivity index (χ1) is 5.77. The van der Waals surface area contributed by atoms with Crippen molar-refractivity contribution >= 4 is 30.5 Å². The Hall–Kier alpha value is -1.06. The minimum atomic E-state index is -0.0295. The van der Waals surface area contributed by atoms with Crippen LogP contribution in [0.5, 0.6) is 0 Å². The summed E-state index contributed by atoms with van der Waals surface area (Å²) >= 11 is 0. The van der Waals surface area contributed by atoms with Crippen LogP contribution < -0.4 is 5.56 Å². The number of fused-ring (bicyclic) bond motifs is 1. The second kappa shape index (κ2) is 4.98. The molecule has 0 bridgehead atoms. The first-order valence-corrected chi connectivity index (χ1v) is 3.72. The fourth-order valence-corrected chi connectivity index (χ4v) is 1.17. The van der Waals surface area contributed by atoms with Gasteiger partial charge in [-0.15, -0.1) is 24.8 Å². The lowest BCUT2D eigenvalue weighted by Crippen LogP contribution is -2.13. The summed E-state index contributed by atoms with van der Waals surface area (Å²) in [7, 11) is 0. The van der Waals surface area contributed by atoms with E-state index in [4.69, 9.17) is 0 Å². The van der Waals surface area contributed by atoms with E-state index < -0.39 is 0 Å². The van der Waals surface area contributed by atoms with Gasteiger partial charge in [0.05, 0.1) is 0 Å². The number of rotatable bonds is 0. The van der Waals surface area contributed by atoms with E-state index in [1.54, 1.807) is 6.20 Å². The number of hydrogen-bond donors (Lipinski definition) is 0. The lowest BCUT2D eigenvalue weighted by molar-refractivity contribution is 1.02. The van der Waals surface area contributed by atoms with Gasteiger partial charge in [-0.2, -0.15) is 0 Å². The molecule has 5 heteroatoms. The number of hydrogen-bond acceptors (Lipinski definition) is 2. The van der Waals surface area contributed by atoms with Gasteiger partial charge in [0.1, 0.15) is 5.65 Å². The van der Waals surface area contributed by atoms with Crippen LogP contribution in [0.4, 0.5) is 0 Å². The van der Waals surface area contributed by atoms with E-state index in [9.17, 15) is 4.79 Å². The molecule has 0 atom stereocenters. The zero-order valence-electron chi connectivity index (χ0n) is 7.51. The van der Waals surface area contributed by atoms with Crippen LogP contribution in [0.1, 0.15) is 5.69 Å². The molecule has 3 nitrogen and oxygen atoms in total. The minimum absolute atomic E-state index is 0. The molecule has 0 aliphatic carbocycles. The molecule has 0 aliphatic rings. The van der Waals surface area contributed by atoms with Crippen molar-refractivity contribution in [1.82, 2.24) is 9.38 Å². The Morgan fingerprint density at radius 3 is 2.71 bits per heavy atom. The molecule has 2 heterocycles. The van der Waals surface area contributed by atoms with Crippen molar-refractivity contribution < 1.29 is 0 Å². The first-order valence-electron chi connectivity index (χ1n) is 3.72. The van der Waals surface area contributed by atoms with Gasteiger partial charge in [0.2, 0.25) is 0 Å². The number of halogens is 2. The summed E-state index contributed by atoms with van der Waals surface area (Å²) in [5.41, 5.74) is 1.42. The van der Waals surface area contributed by atoms with Crippen LogP contribution in [-0.2, 0) is 0 Å². The highest BCUT2D eigenvalue weighted by Crippen LogP contribution is 1.96. The second-order valence-corrected chi connectivity index (χ2v) is 2.66. The highest BCUT2D eigenvalue weighted by molar-refractivity contribution is 5.85. The molecule has 76 valence electrons. The van der Waals surface area contributed by atoms with Crippen LogP contribution in [0.25, 0.3) is 5.65 Å². The summed E-state index contributed by atoms with van der Waals surface area (Å²) in [5, 5.41) is 0. The molecule has 0 unspecified atom stereocenters. The number of nitrogens with zero attached hydrogens (tertiary/aromatic N) is 2. The Kier molecular flexibility index (Phi) is 4.60. The summed E-state index contributed by atoms with van der Waals surface area (Å²) in [6.45, 7) is 1.81. The Balaban J connectivity index is 0.000000845. The molecule has 0 fully saturated rings. The van der Waals surface area contributed by atoms with E-state index in [2.05, 4.69) is 4.98 Å². The van der Waals surface area contributed by atoms with Gasteiger partial charge in [-0.1, -0.05) is 6.07 Å². The first kappa shape index (κ1) is 12.9. The van der Waals surface area contributed by atoms with Gasteiger partial charge < -0.3 is 0 Å². The summed E-state index contributed by atoms with van der Waals surface area (Å²) in [6, 6.07) is 7.01.